The molecule has 0 fully saturated rings. The highest BCUT2D eigenvalue weighted by Gasteiger charge is 2.35. The Balaban J connectivity index is 1.85. The lowest BCUT2D eigenvalue weighted by molar-refractivity contribution is -0.140. The minimum atomic E-state index is -4.32. The molecule has 4 aromatic carbocycles. The highest BCUT2D eigenvalue weighted by molar-refractivity contribution is 7.92. The van der Waals surface area contributed by atoms with Crippen molar-refractivity contribution in [3.8, 4) is 0 Å². The van der Waals surface area contributed by atoms with Gasteiger partial charge in [0.25, 0.3) is 10.0 Å². The summed E-state index contributed by atoms with van der Waals surface area (Å²) < 4.78 is 29.1. The van der Waals surface area contributed by atoms with Gasteiger partial charge in [-0.1, -0.05) is 108 Å². The van der Waals surface area contributed by atoms with E-state index in [0.29, 0.717) is 28.6 Å². The van der Waals surface area contributed by atoms with Gasteiger partial charge in [-0.2, -0.15) is 0 Å². The van der Waals surface area contributed by atoms with Gasteiger partial charge >= 0.3 is 0 Å². The molecular formula is C33H31Cl4N3O4S. The zero-order valence-corrected chi connectivity index (χ0v) is 28.1. The Kier molecular flexibility index (Phi) is 12.2. The molecule has 0 aliphatic carbocycles. The van der Waals surface area contributed by atoms with Crippen LogP contribution in [-0.4, -0.2) is 44.3 Å². The third kappa shape index (κ3) is 8.71. The lowest BCUT2D eigenvalue weighted by atomic mass is 10.0. The molecule has 1 N–H and O–H groups in total. The second-order valence-corrected chi connectivity index (χ2v) is 13.7. The van der Waals surface area contributed by atoms with Crippen LogP contribution in [0, 0.1) is 0 Å². The van der Waals surface area contributed by atoms with Crippen molar-refractivity contribution in [1.29, 1.82) is 0 Å². The van der Waals surface area contributed by atoms with Crippen LogP contribution in [0.15, 0.2) is 102 Å². The predicted molar refractivity (Wildman–Crippen MR) is 182 cm³/mol. The highest BCUT2D eigenvalue weighted by Crippen LogP contribution is 2.33. The summed E-state index contributed by atoms with van der Waals surface area (Å²) in [6.45, 7) is 1.45. The number of sulfonamides is 1. The fourth-order valence-corrected chi connectivity index (χ4v) is 7.22. The summed E-state index contributed by atoms with van der Waals surface area (Å²) in [5, 5.41) is 3.80. The Hall–Kier alpha value is -3.27. The normalized spacial score (nSPS) is 11.9. The van der Waals surface area contributed by atoms with Gasteiger partial charge in [-0.3, -0.25) is 13.9 Å². The first-order valence-corrected chi connectivity index (χ1v) is 17.0. The molecule has 0 unspecified atom stereocenters. The van der Waals surface area contributed by atoms with Crippen molar-refractivity contribution in [2.24, 2.45) is 0 Å². The quantitative estimate of drug-likeness (QED) is 0.155. The molecule has 7 nitrogen and oxygen atoms in total. The fourth-order valence-electron chi connectivity index (χ4n) is 4.69. The zero-order chi connectivity index (χ0) is 32.6. The maximum atomic E-state index is 14.5. The lowest BCUT2D eigenvalue weighted by Crippen LogP contribution is -2.53. The van der Waals surface area contributed by atoms with E-state index in [0.717, 1.165) is 9.87 Å². The molecule has 45 heavy (non-hydrogen) atoms. The molecule has 4 aromatic rings. The fraction of sp³-hybridized carbons (Fsp3) is 0.212. The van der Waals surface area contributed by atoms with Crippen molar-refractivity contribution in [2.45, 2.75) is 37.2 Å². The van der Waals surface area contributed by atoms with Gasteiger partial charge in [0.15, 0.2) is 0 Å². The first kappa shape index (κ1) is 34.6. The van der Waals surface area contributed by atoms with Crippen LogP contribution in [0.2, 0.25) is 20.1 Å². The van der Waals surface area contributed by atoms with E-state index in [2.05, 4.69) is 5.32 Å². The third-order valence-electron chi connectivity index (χ3n) is 7.00. The monoisotopic (exact) mass is 705 g/mol. The van der Waals surface area contributed by atoms with Gasteiger partial charge < -0.3 is 10.2 Å². The van der Waals surface area contributed by atoms with Gasteiger partial charge in [-0.15, -0.1) is 0 Å². The maximum absolute atomic E-state index is 14.5. The summed E-state index contributed by atoms with van der Waals surface area (Å²) in [5.74, 6) is -1.08. The van der Waals surface area contributed by atoms with Crippen LogP contribution >= 0.6 is 46.4 Å². The summed E-state index contributed by atoms with van der Waals surface area (Å²) in [6.07, 6.45) is 0.823. The van der Waals surface area contributed by atoms with Crippen LogP contribution < -0.4 is 9.62 Å². The van der Waals surface area contributed by atoms with Gasteiger partial charge in [-0.25, -0.2) is 8.42 Å². The number of carbonyl (C=O) groups is 2. The molecule has 0 bridgehead atoms. The molecule has 0 spiro atoms. The van der Waals surface area contributed by atoms with Crippen LogP contribution in [0.4, 0.5) is 5.69 Å². The molecule has 0 saturated heterocycles. The van der Waals surface area contributed by atoms with Gasteiger partial charge in [0, 0.05) is 40.1 Å². The molecular weight excluding hydrogens is 676 g/mol. The van der Waals surface area contributed by atoms with Crippen molar-refractivity contribution < 1.29 is 18.0 Å². The number of hydrogen-bond donors (Lipinski definition) is 1. The minimum absolute atomic E-state index is 0.0250. The topological polar surface area (TPSA) is 86.8 Å². The summed E-state index contributed by atoms with van der Waals surface area (Å²) >= 11 is 25.7. The second kappa shape index (κ2) is 15.8. The third-order valence-corrected chi connectivity index (χ3v) is 10.0. The minimum Gasteiger partial charge on any atom is -0.354 e. The van der Waals surface area contributed by atoms with Crippen LogP contribution in [0.5, 0.6) is 0 Å². The van der Waals surface area contributed by atoms with Crippen LogP contribution in [0.3, 0.4) is 0 Å². The molecule has 0 radical (unpaired) electrons. The number of anilines is 1. The van der Waals surface area contributed by atoms with Crippen LogP contribution in [-0.2, 0) is 32.6 Å². The van der Waals surface area contributed by atoms with E-state index in [1.54, 1.807) is 36.4 Å². The van der Waals surface area contributed by atoms with Crippen LogP contribution in [0.25, 0.3) is 0 Å². The molecule has 0 saturated carbocycles. The zero-order valence-electron chi connectivity index (χ0n) is 24.3. The number of nitrogens with zero attached hydrogens (tertiary/aromatic N) is 2. The average molecular weight is 708 g/mol. The van der Waals surface area contributed by atoms with Gasteiger partial charge in [0.05, 0.1) is 15.6 Å². The Morgan fingerprint density at radius 2 is 1.42 bits per heavy atom. The molecule has 0 aromatic heterocycles. The Morgan fingerprint density at radius 3 is 2.02 bits per heavy atom. The Labute approximate surface area is 283 Å². The number of halogens is 4. The summed E-state index contributed by atoms with van der Waals surface area (Å²) in [5.41, 5.74) is 1.26. The molecule has 4 rings (SSSR count). The van der Waals surface area contributed by atoms with Crippen LogP contribution in [0.1, 0.15) is 24.5 Å². The van der Waals surface area contributed by atoms with Crippen molar-refractivity contribution in [3.63, 3.8) is 0 Å². The molecule has 0 heterocycles. The molecule has 0 aliphatic heterocycles. The van der Waals surface area contributed by atoms with E-state index in [1.807, 2.05) is 37.3 Å². The first-order valence-electron chi connectivity index (χ1n) is 14.1. The number of hydrogen-bond acceptors (Lipinski definition) is 4. The number of rotatable bonds is 13. The SMILES string of the molecule is CCCNC(=O)[C@@H](Cc1ccccc1)N(Cc1c(Cl)cccc1Cl)C(=O)CN(c1ccc(Cl)cc1Cl)S(=O)(=O)c1ccccc1. The Morgan fingerprint density at radius 1 is 0.800 bits per heavy atom. The van der Waals surface area contributed by atoms with Gasteiger partial charge in [0.1, 0.15) is 12.6 Å². The van der Waals surface area contributed by atoms with Crippen molar-refractivity contribution in [1.82, 2.24) is 10.2 Å². The molecule has 12 heteroatoms. The van der Waals surface area contributed by atoms with Crippen molar-refractivity contribution in [2.75, 3.05) is 17.4 Å². The lowest BCUT2D eigenvalue weighted by Gasteiger charge is -2.34. The van der Waals surface area contributed by atoms with E-state index in [1.165, 1.54) is 35.2 Å². The number of nitrogens with one attached hydrogen (secondary N) is 1. The van der Waals surface area contributed by atoms with E-state index < -0.39 is 34.4 Å². The van der Waals surface area contributed by atoms with E-state index in [4.69, 9.17) is 46.4 Å². The highest BCUT2D eigenvalue weighted by atomic mass is 35.5. The summed E-state index contributed by atoms with van der Waals surface area (Å²) in [6, 6.07) is 25.1. The first-order chi connectivity index (χ1) is 21.5. The van der Waals surface area contributed by atoms with Crippen molar-refractivity contribution >= 4 is 73.9 Å². The summed E-state index contributed by atoms with van der Waals surface area (Å²) in [7, 11) is -4.32. The predicted octanol–water partition coefficient (Wildman–Crippen LogP) is 7.66. The van der Waals surface area contributed by atoms with E-state index in [-0.39, 0.29) is 33.6 Å². The average Bonchev–Trinajstić information content (AvgIpc) is 3.02. The Bertz CT molecular complexity index is 1720. The van der Waals surface area contributed by atoms with Gasteiger partial charge in [-0.05, 0) is 54.4 Å². The molecule has 0 aliphatic rings. The standard InChI is InChI=1S/C33H31Cl4N3O4S/c1-2-18-38-33(42)31(19-23-10-5-3-6-11-23)39(21-26-27(35)14-9-15-28(26)36)32(41)22-40(30-17-16-24(34)20-29(30)37)45(43,44)25-12-7-4-8-13-25/h3-17,20,31H,2,18-19,21-22H2,1H3,(H,38,42)/t31-/m1/s1. The molecule has 236 valence electrons. The number of benzene rings is 4. The molecule has 2 amide bonds. The van der Waals surface area contributed by atoms with E-state index in [9.17, 15) is 18.0 Å². The summed E-state index contributed by atoms with van der Waals surface area (Å²) in [4.78, 5) is 29.5. The largest absolute Gasteiger partial charge is 0.354 e. The second-order valence-electron chi connectivity index (χ2n) is 10.1. The number of carbonyl (C=O) groups excluding carboxylic acids is 2. The molecule has 1 atom stereocenters. The van der Waals surface area contributed by atoms with E-state index >= 15 is 0 Å². The number of amides is 2. The smallest absolute Gasteiger partial charge is 0.264 e. The van der Waals surface area contributed by atoms with Crippen molar-refractivity contribution in [3.05, 3.63) is 128 Å². The maximum Gasteiger partial charge on any atom is 0.264 e. The van der Waals surface area contributed by atoms with Gasteiger partial charge in [0.2, 0.25) is 11.8 Å².